The number of halogens is 1. The summed E-state index contributed by atoms with van der Waals surface area (Å²) in [6.07, 6.45) is 5.52. The van der Waals surface area contributed by atoms with Crippen LogP contribution >= 0.6 is 15.9 Å². The molecule has 1 N–H and O–H groups in total. The van der Waals surface area contributed by atoms with Gasteiger partial charge in [0, 0.05) is 29.0 Å². The van der Waals surface area contributed by atoms with Crippen LogP contribution in [0.15, 0.2) is 41.4 Å². The standard InChI is InChI=1S/C14H18BrN3/c1-14(2,3)17-9-11-4-5-13(12(15)8-11)18-7-6-16-10-18/h4-8,10,17H,9H2,1-3H3. The molecular formula is C14H18BrN3. The zero-order chi connectivity index (χ0) is 13.2. The van der Waals surface area contributed by atoms with Crippen molar-refractivity contribution in [1.29, 1.82) is 0 Å². The van der Waals surface area contributed by atoms with Crippen LogP contribution in [0.2, 0.25) is 0 Å². The molecule has 2 rings (SSSR count). The summed E-state index contributed by atoms with van der Waals surface area (Å²) in [7, 11) is 0. The summed E-state index contributed by atoms with van der Waals surface area (Å²) in [4.78, 5) is 4.06. The van der Waals surface area contributed by atoms with Crippen LogP contribution in [-0.4, -0.2) is 15.1 Å². The Balaban J connectivity index is 2.15. The fourth-order valence-corrected chi connectivity index (χ4v) is 2.27. The van der Waals surface area contributed by atoms with Crippen molar-refractivity contribution < 1.29 is 0 Å². The van der Waals surface area contributed by atoms with Crippen LogP contribution < -0.4 is 5.32 Å². The van der Waals surface area contributed by atoms with E-state index >= 15 is 0 Å². The molecule has 0 atom stereocenters. The second kappa shape index (κ2) is 5.24. The lowest BCUT2D eigenvalue weighted by atomic mass is 10.1. The molecule has 1 aromatic carbocycles. The van der Waals surface area contributed by atoms with Gasteiger partial charge in [-0.2, -0.15) is 0 Å². The quantitative estimate of drug-likeness (QED) is 0.940. The Labute approximate surface area is 116 Å². The minimum atomic E-state index is 0.134. The Morgan fingerprint density at radius 2 is 2.11 bits per heavy atom. The summed E-state index contributed by atoms with van der Waals surface area (Å²) in [5.74, 6) is 0. The second-order valence-electron chi connectivity index (χ2n) is 5.36. The van der Waals surface area contributed by atoms with Gasteiger partial charge >= 0.3 is 0 Å². The Kier molecular flexibility index (Phi) is 3.88. The first-order chi connectivity index (χ1) is 8.46. The molecule has 0 bridgehead atoms. The van der Waals surface area contributed by atoms with Gasteiger partial charge in [-0.25, -0.2) is 4.98 Å². The average molecular weight is 308 g/mol. The first-order valence-corrected chi connectivity index (χ1v) is 6.77. The molecule has 0 aliphatic rings. The maximum Gasteiger partial charge on any atom is 0.0992 e. The number of imidazole rings is 1. The van der Waals surface area contributed by atoms with Crippen molar-refractivity contribution >= 4 is 15.9 Å². The number of nitrogens with one attached hydrogen (secondary N) is 1. The highest BCUT2D eigenvalue weighted by Gasteiger charge is 2.09. The van der Waals surface area contributed by atoms with E-state index in [1.807, 2.05) is 10.8 Å². The largest absolute Gasteiger partial charge is 0.308 e. The molecule has 0 aliphatic heterocycles. The highest BCUT2D eigenvalue weighted by Crippen LogP contribution is 2.22. The van der Waals surface area contributed by atoms with Gasteiger partial charge in [0.05, 0.1) is 12.0 Å². The summed E-state index contributed by atoms with van der Waals surface area (Å²) in [5, 5.41) is 3.48. The lowest BCUT2D eigenvalue weighted by Gasteiger charge is -2.20. The van der Waals surface area contributed by atoms with E-state index < -0.39 is 0 Å². The van der Waals surface area contributed by atoms with Crippen molar-refractivity contribution in [3.63, 3.8) is 0 Å². The van der Waals surface area contributed by atoms with Gasteiger partial charge in [0.2, 0.25) is 0 Å². The molecule has 0 radical (unpaired) electrons. The third kappa shape index (κ3) is 3.43. The van der Waals surface area contributed by atoms with Crippen molar-refractivity contribution in [3.8, 4) is 5.69 Å². The minimum Gasteiger partial charge on any atom is -0.308 e. The van der Waals surface area contributed by atoms with Crippen LogP contribution in [-0.2, 0) is 6.54 Å². The van der Waals surface area contributed by atoms with Gasteiger partial charge < -0.3 is 9.88 Å². The molecular weight excluding hydrogens is 290 g/mol. The topological polar surface area (TPSA) is 29.9 Å². The fourth-order valence-electron chi connectivity index (χ4n) is 1.64. The number of hydrogen-bond acceptors (Lipinski definition) is 2. The molecule has 4 heteroatoms. The molecule has 96 valence electrons. The second-order valence-corrected chi connectivity index (χ2v) is 6.21. The summed E-state index contributed by atoms with van der Waals surface area (Å²) in [6.45, 7) is 7.37. The number of hydrogen-bond donors (Lipinski definition) is 1. The molecule has 18 heavy (non-hydrogen) atoms. The van der Waals surface area contributed by atoms with E-state index in [0.29, 0.717) is 0 Å². The third-order valence-corrected chi connectivity index (χ3v) is 3.25. The van der Waals surface area contributed by atoms with Crippen LogP contribution in [0.1, 0.15) is 26.3 Å². The molecule has 1 heterocycles. The van der Waals surface area contributed by atoms with E-state index in [-0.39, 0.29) is 5.54 Å². The van der Waals surface area contributed by atoms with Gasteiger partial charge in [0.15, 0.2) is 0 Å². The first-order valence-electron chi connectivity index (χ1n) is 5.97. The first kappa shape index (κ1) is 13.3. The van der Waals surface area contributed by atoms with Gasteiger partial charge in [-0.15, -0.1) is 0 Å². The van der Waals surface area contributed by atoms with Crippen LogP contribution in [0.25, 0.3) is 5.69 Å². The molecule has 0 spiro atoms. The normalized spacial score (nSPS) is 11.8. The van der Waals surface area contributed by atoms with Crippen molar-refractivity contribution in [2.45, 2.75) is 32.9 Å². The Morgan fingerprint density at radius 3 is 2.67 bits per heavy atom. The number of benzene rings is 1. The summed E-state index contributed by atoms with van der Waals surface area (Å²) in [6, 6.07) is 6.39. The van der Waals surface area contributed by atoms with E-state index in [9.17, 15) is 0 Å². The molecule has 0 saturated carbocycles. The molecule has 0 saturated heterocycles. The van der Waals surface area contributed by atoms with E-state index in [0.717, 1.165) is 16.7 Å². The van der Waals surface area contributed by atoms with Crippen LogP contribution in [0, 0.1) is 0 Å². The zero-order valence-electron chi connectivity index (χ0n) is 10.9. The summed E-state index contributed by atoms with van der Waals surface area (Å²) in [5.41, 5.74) is 2.50. The van der Waals surface area contributed by atoms with Gasteiger partial charge in [-0.3, -0.25) is 0 Å². The van der Waals surface area contributed by atoms with E-state index in [2.05, 4.69) is 65.2 Å². The van der Waals surface area contributed by atoms with Gasteiger partial charge in [0.1, 0.15) is 0 Å². The SMILES string of the molecule is CC(C)(C)NCc1ccc(-n2ccnc2)c(Br)c1. The van der Waals surface area contributed by atoms with Gasteiger partial charge in [0.25, 0.3) is 0 Å². The van der Waals surface area contributed by atoms with Crippen LogP contribution in [0.4, 0.5) is 0 Å². The number of aromatic nitrogens is 2. The molecule has 2 aromatic rings. The lowest BCUT2D eigenvalue weighted by Crippen LogP contribution is -2.35. The van der Waals surface area contributed by atoms with Crippen LogP contribution in [0.3, 0.4) is 0 Å². The van der Waals surface area contributed by atoms with E-state index in [1.54, 1.807) is 12.5 Å². The molecule has 0 unspecified atom stereocenters. The number of rotatable bonds is 3. The Hall–Kier alpha value is -1.13. The Bertz CT molecular complexity index is 512. The fraction of sp³-hybridized carbons (Fsp3) is 0.357. The van der Waals surface area contributed by atoms with Crippen molar-refractivity contribution in [2.24, 2.45) is 0 Å². The predicted octanol–water partition coefficient (Wildman–Crippen LogP) is 3.52. The maximum atomic E-state index is 4.06. The smallest absolute Gasteiger partial charge is 0.0992 e. The molecule has 0 fully saturated rings. The van der Waals surface area contributed by atoms with Crippen molar-refractivity contribution in [2.75, 3.05) is 0 Å². The van der Waals surface area contributed by atoms with Crippen LogP contribution in [0.5, 0.6) is 0 Å². The molecule has 0 aliphatic carbocycles. The van der Waals surface area contributed by atoms with Crippen molar-refractivity contribution in [1.82, 2.24) is 14.9 Å². The van der Waals surface area contributed by atoms with E-state index in [4.69, 9.17) is 0 Å². The van der Waals surface area contributed by atoms with Gasteiger partial charge in [-0.1, -0.05) is 6.07 Å². The summed E-state index contributed by atoms with van der Waals surface area (Å²) >= 11 is 3.61. The van der Waals surface area contributed by atoms with E-state index in [1.165, 1.54) is 5.56 Å². The lowest BCUT2D eigenvalue weighted by molar-refractivity contribution is 0.424. The zero-order valence-corrected chi connectivity index (χ0v) is 12.5. The van der Waals surface area contributed by atoms with Crippen molar-refractivity contribution in [3.05, 3.63) is 47.0 Å². The number of nitrogens with zero attached hydrogens (tertiary/aromatic N) is 2. The highest BCUT2D eigenvalue weighted by atomic mass is 79.9. The Morgan fingerprint density at radius 1 is 1.33 bits per heavy atom. The molecule has 3 nitrogen and oxygen atoms in total. The summed E-state index contributed by atoms with van der Waals surface area (Å²) < 4.78 is 3.07. The molecule has 0 amide bonds. The average Bonchev–Trinajstić information content (AvgIpc) is 2.79. The third-order valence-electron chi connectivity index (χ3n) is 2.62. The maximum absolute atomic E-state index is 4.06. The monoisotopic (exact) mass is 307 g/mol. The molecule has 1 aromatic heterocycles. The highest BCUT2D eigenvalue weighted by molar-refractivity contribution is 9.10. The van der Waals surface area contributed by atoms with Gasteiger partial charge in [-0.05, 0) is 54.4 Å². The predicted molar refractivity (Wildman–Crippen MR) is 77.9 cm³/mol. The minimum absolute atomic E-state index is 0.134.